The number of ether oxygens (including phenoxy) is 1. The monoisotopic (exact) mass is 295 g/mol. The fraction of sp³-hybridized carbons (Fsp3) is 0.571. The molecule has 1 aliphatic heterocycles. The zero-order chi connectivity index (χ0) is 11.8. The second-order valence-corrected chi connectivity index (χ2v) is 5.89. The second-order valence-electron chi connectivity index (χ2n) is 5.04. The number of nitrogens with one attached hydrogen (secondary N) is 1. The normalized spacial score (nSPS) is 31.8. The summed E-state index contributed by atoms with van der Waals surface area (Å²) in [4.78, 5) is 0. The number of fused-ring (bicyclic) bond motifs is 1. The van der Waals surface area contributed by atoms with Crippen molar-refractivity contribution in [1.82, 2.24) is 5.32 Å². The summed E-state index contributed by atoms with van der Waals surface area (Å²) in [5.41, 5.74) is 2.95. The smallest absolute Gasteiger partial charge is 0.0700 e. The van der Waals surface area contributed by atoms with E-state index in [1.54, 1.807) is 0 Å². The van der Waals surface area contributed by atoms with Crippen LogP contribution in [0.3, 0.4) is 0 Å². The van der Waals surface area contributed by atoms with Crippen molar-refractivity contribution in [2.45, 2.75) is 44.4 Å². The van der Waals surface area contributed by atoms with E-state index in [-0.39, 0.29) is 0 Å². The lowest BCUT2D eigenvalue weighted by molar-refractivity contribution is 0.111. The number of benzene rings is 1. The van der Waals surface area contributed by atoms with E-state index in [1.165, 1.54) is 28.4 Å². The third-order valence-corrected chi connectivity index (χ3v) is 4.75. The van der Waals surface area contributed by atoms with Crippen molar-refractivity contribution in [3.05, 3.63) is 33.8 Å². The molecule has 1 aliphatic carbocycles. The Bertz CT molecular complexity index is 421. The van der Waals surface area contributed by atoms with Gasteiger partial charge in [-0.2, -0.15) is 0 Å². The highest BCUT2D eigenvalue weighted by molar-refractivity contribution is 9.10. The van der Waals surface area contributed by atoms with Crippen LogP contribution in [0, 0.1) is 0 Å². The van der Waals surface area contributed by atoms with E-state index < -0.39 is 0 Å². The van der Waals surface area contributed by atoms with Crippen molar-refractivity contribution >= 4 is 15.9 Å². The minimum atomic E-state index is 0.353. The van der Waals surface area contributed by atoms with Gasteiger partial charge in [0, 0.05) is 23.2 Å². The summed E-state index contributed by atoms with van der Waals surface area (Å²) < 4.78 is 6.87. The van der Waals surface area contributed by atoms with Crippen LogP contribution in [0.5, 0.6) is 0 Å². The lowest BCUT2D eigenvalue weighted by Crippen LogP contribution is -2.36. The van der Waals surface area contributed by atoms with E-state index in [9.17, 15) is 0 Å². The molecule has 92 valence electrons. The largest absolute Gasteiger partial charge is 0.377 e. The predicted octanol–water partition coefficient (Wildman–Crippen LogP) is 3.20. The molecule has 1 fully saturated rings. The minimum Gasteiger partial charge on any atom is -0.377 e. The molecule has 3 rings (SSSR count). The quantitative estimate of drug-likeness (QED) is 0.905. The lowest BCUT2D eigenvalue weighted by atomic mass is 10.1. The summed E-state index contributed by atoms with van der Waals surface area (Å²) >= 11 is 3.65. The topological polar surface area (TPSA) is 21.3 Å². The van der Waals surface area contributed by atoms with Gasteiger partial charge in [0.25, 0.3) is 0 Å². The molecule has 1 aromatic rings. The van der Waals surface area contributed by atoms with Crippen molar-refractivity contribution in [3.63, 3.8) is 0 Å². The zero-order valence-electron chi connectivity index (χ0n) is 10.1. The molecule has 1 N–H and O–H groups in total. The Morgan fingerprint density at radius 3 is 3.00 bits per heavy atom. The molecular weight excluding hydrogens is 278 g/mol. The van der Waals surface area contributed by atoms with Gasteiger partial charge in [0.1, 0.15) is 0 Å². The molecule has 0 bridgehead atoms. The third-order valence-electron chi connectivity index (χ3n) is 4.01. The highest BCUT2D eigenvalue weighted by atomic mass is 79.9. The summed E-state index contributed by atoms with van der Waals surface area (Å²) in [6, 6.07) is 7.56. The maximum absolute atomic E-state index is 5.62. The highest BCUT2D eigenvalue weighted by Crippen LogP contribution is 2.36. The molecule has 17 heavy (non-hydrogen) atoms. The Balaban J connectivity index is 1.77. The maximum Gasteiger partial charge on any atom is 0.0700 e. The van der Waals surface area contributed by atoms with Crippen molar-refractivity contribution in [1.29, 1.82) is 0 Å². The summed E-state index contributed by atoms with van der Waals surface area (Å²) in [6.07, 6.45) is 3.88. The van der Waals surface area contributed by atoms with Crippen molar-refractivity contribution < 1.29 is 4.74 Å². The fourth-order valence-corrected chi connectivity index (χ4v) is 3.57. The number of halogens is 1. The molecule has 0 aromatic heterocycles. The second kappa shape index (κ2) is 4.71. The van der Waals surface area contributed by atoms with Gasteiger partial charge in [0.2, 0.25) is 0 Å². The van der Waals surface area contributed by atoms with E-state index in [2.05, 4.69) is 46.4 Å². The van der Waals surface area contributed by atoms with Crippen LogP contribution in [0.25, 0.3) is 0 Å². The van der Waals surface area contributed by atoms with Crippen LogP contribution < -0.4 is 5.32 Å². The van der Waals surface area contributed by atoms with Gasteiger partial charge < -0.3 is 10.1 Å². The molecule has 1 aromatic carbocycles. The molecule has 3 atom stereocenters. The van der Waals surface area contributed by atoms with E-state index in [0.29, 0.717) is 18.2 Å². The first-order valence-corrected chi connectivity index (χ1v) is 7.20. The van der Waals surface area contributed by atoms with Crippen LogP contribution in [0.15, 0.2) is 22.7 Å². The molecule has 0 amide bonds. The first kappa shape index (κ1) is 11.7. The van der Waals surface area contributed by atoms with E-state index in [0.717, 1.165) is 13.0 Å². The Kier molecular flexibility index (Phi) is 3.24. The van der Waals surface area contributed by atoms with Gasteiger partial charge in [-0.3, -0.25) is 0 Å². The SMILES string of the molecule is CC1OCCC1NC1CCc2c(Br)cccc21. The lowest BCUT2D eigenvalue weighted by Gasteiger charge is -2.22. The first-order valence-electron chi connectivity index (χ1n) is 6.40. The fourth-order valence-electron chi connectivity index (χ4n) is 2.99. The molecule has 0 spiro atoms. The molecule has 3 heteroatoms. The van der Waals surface area contributed by atoms with Gasteiger partial charge in [-0.05, 0) is 43.4 Å². The number of hydrogen-bond acceptors (Lipinski definition) is 2. The van der Waals surface area contributed by atoms with Crippen molar-refractivity contribution in [3.8, 4) is 0 Å². The zero-order valence-corrected chi connectivity index (χ0v) is 11.7. The van der Waals surface area contributed by atoms with Crippen LogP contribution in [-0.4, -0.2) is 18.8 Å². The van der Waals surface area contributed by atoms with Crippen molar-refractivity contribution in [2.75, 3.05) is 6.61 Å². The van der Waals surface area contributed by atoms with E-state index in [1.807, 2.05) is 0 Å². The molecule has 1 heterocycles. The summed E-state index contributed by atoms with van der Waals surface area (Å²) in [6.45, 7) is 3.07. The van der Waals surface area contributed by atoms with Crippen LogP contribution in [-0.2, 0) is 11.2 Å². The standard InChI is InChI=1S/C14H18BrNO/c1-9-13(7-8-17-9)16-14-6-5-10-11(14)3-2-4-12(10)15/h2-4,9,13-14,16H,5-8H2,1H3. The van der Waals surface area contributed by atoms with Crippen LogP contribution in [0.4, 0.5) is 0 Å². The Hall–Kier alpha value is -0.380. The van der Waals surface area contributed by atoms with Gasteiger partial charge >= 0.3 is 0 Å². The predicted molar refractivity (Wildman–Crippen MR) is 72.2 cm³/mol. The van der Waals surface area contributed by atoms with Gasteiger partial charge in [-0.25, -0.2) is 0 Å². The van der Waals surface area contributed by atoms with E-state index >= 15 is 0 Å². The molecule has 1 saturated heterocycles. The van der Waals surface area contributed by atoms with Gasteiger partial charge in [0.15, 0.2) is 0 Å². The summed E-state index contributed by atoms with van der Waals surface area (Å²) in [5.74, 6) is 0. The van der Waals surface area contributed by atoms with Gasteiger partial charge in [-0.15, -0.1) is 0 Å². The maximum atomic E-state index is 5.62. The van der Waals surface area contributed by atoms with Crippen molar-refractivity contribution in [2.24, 2.45) is 0 Å². The molecular formula is C14H18BrNO. The van der Waals surface area contributed by atoms with Crippen LogP contribution >= 0.6 is 15.9 Å². The summed E-state index contributed by atoms with van der Waals surface area (Å²) in [7, 11) is 0. The van der Waals surface area contributed by atoms with Crippen LogP contribution in [0.2, 0.25) is 0 Å². The van der Waals surface area contributed by atoms with E-state index in [4.69, 9.17) is 4.74 Å². The Labute approximate surface area is 111 Å². The highest BCUT2D eigenvalue weighted by Gasteiger charge is 2.30. The molecule has 0 saturated carbocycles. The Morgan fingerprint density at radius 1 is 1.35 bits per heavy atom. The molecule has 3 unspecified atom stereocenters. The first-order chi connectivity index (χ1) is 8.25. The molecule has 0 radical (unpaired) electrons. The molecule has 2 nitrogen and oxygen atoms in total. The van der Waals surface area contributed by atoms with Crippen LogP contribution in [0.1, 0.15) is 36.9 Å². The molecule has 2 aliphatic rings. The number of hydrogen-bond donors (Lipinski definition) is 1. The average molecular weight is 296 g/mol. The van der Waals surface area contributed by atoms with Gasteiger partial charge in [0.05, 0.1) is 6.10 Å². The summed E-state index contributed by atoms with van der Waals surface area (Å²) in [5, 5.41) is 3.77. The average Bonchev–Trinajstić information content (AvgIpc) is 2.89. The van der Waals surface area contributed by atoms with Gasteiger partial charge in [-0.1, -0.05) is 28.1 Å². The Morgan fingerprint density at radius 2 is 2.24 bits per heavy atom. The number of rotatable bonds is 2. The minimum absolute atomic E-state index is 0.353. The third kappa shape index (κ3) is 2.16.